The third-order valence-electron chi connectivity index (χ3n) is 7.15. The molecular formula is C28H28F6N6O3. The van der Waals surface area contributed by atoms with E-state index in [9.17, 15) is 31.1 Å². The zero-order valence-corrected chi connectivity index (χ0v) is 23.0. The molecule has 0 spiro atoms. The Hall–Kier alpha value is -4.11. The van der Waals surface area contributed by atoms with Gasteiger partial charge in [0.05, 0.1) is 17.7 Å². The Balaban J connectivity index is 1.38. The summed E-state index contributed by atoms with van der Waals surface area (Å²) < 4.78 is 94.3. The number of benzene rings is 2. The zero-order valence-electron chi connectivity index (χ0n) is 23.0. The molecule has 15 heteroatoms. The van der Waals surface area contributed by atoms with E-state index in [-0.39, 0.29) is 47.4 Å². The molecule has 0 radical (unpaired) electrons. The number of ether oxygens (including phenoxy) is 2. The van der Waals surface area contributed by atoms with Crippen molar-refractivity contribution in [2.24, 2.45) is 0 Å². The monoisotopic (exact) mass is 610 g/mol. The lowest BCUT2D eigenvalue weighted by molar-refractivity contribution is -0.139. The third kappa shape index (κ3) is 7.10. The van der Waals surface area contributed by atoms with E-state index in [0.29, 0.717) is 25.7 Å². The van der Waals surface area contributed by atoms with Gasteiger partial charge >= 0.3 is 12.4 Å². The molecule has 230 valence electrons. The van der Waals surface area contributed by atoms with Crippen molar-refractivity contribution in [3.63, 3.8) is 0 Å². The van der Waals surface area contributed by atoms with Gasteiger partial charge in [-0.3, -0.25) is 9.69 Å². The molecule has 1 aromatic heterocycles. The molecule has 43 heavy (non-hydrogen) atoms. The smallest absolute Gasteiger partial charge is 0.419 e. The number of fused-ring (bicyclic) bond motifs is 1. The van der Waals surface area contributed by atoms with Crippen molar-refractivity contribution in [3.05, 3.63) is 65.0 Å². The number of nitrogens with one attached hydrogen (secondary N) is 2. The van der Waals surface area contributed by atoms with Crippen LogP contribution in [0.3, 0.4) is 0 Å². The summed E-state index contributed by atoms with van der Waals surface area (Å²) in [6.45, 7) is 6.37. The molecule has 3 aromatic rings. The van der Waals surface area contributed by atoms with Crippen LogP contribution < -0.4 is 20.1 Å². The molecule has 1 amide bonds. The van der Waals surface area contributed by atoms with Crippen molar-refractivity contribution in [1.29, 1.82) is 0 Å². The summed E-state index contributed by atoms with van der Waals surface area (Å²) >= 11 is 0. The number of anilines is 2. The number of carbonyl (C=O) groups is 1. The summed E-state index contributed by atoms with van der Waals surface area (Å²) in [6, 6.07) is 5.88. The molecule has 0 bridgehead atoms. The highest BCUT2D eigenvalue weighted by Gasteiger charge is 2.37. The van der Waals surface area contributed by atoms with Gasteiger partial charge in [-0.2, -0.15) is 31.3 Å². The fraction of sp³-hybridized carbons (Fsp3) is 0.393. The maximum absolute atomic E-state index is 14.0. The topological polar surface area (TPSA) is 91.9 Å². The van der Waals surface area contributed by atoms with Crippen LogP contribution in [0.15, 0.2) is 42.7 Å². The lowest BCUT2D eigenvalue weighted by atomic mass is 10.0. The quantitative estimate of drug-likeness (QED) is 0.339. The summed E-state index contributed by atoms with van der Waals surface area (Å²) in [7, 11) is 0. The SMILES string of the molecule is CCN1CCN(Cc2ccc(NC(=O)c3ccc(C(F)(F)F)c(Oc4ncnc5c4OCCN5)c3)cc2C(F)(F)F)CC1. The van der Waals surface area contributed by atoms with Crippen molar-refractivity contribution in [2.75, 3.05) is 56.5 Å². The Morgan fingerprint density at radius 2 is 1.70 bits per heavy atom. The number of amides is 1. The van der Waals surface area contributed by atoms with Crippen LogP contribution in [0, 0.1) is 0 Å². The molecule has 1 saturated heterocycles. The predicted molar refractivity (Wildman–Crippen MR) is 144 cm³/mol. The molecule has 5 rings (SSSR count). The van der Waals surface area contributed by atoms with Gasteiger partial charge in [-0.05, 0) is 42.4 Å². The number of alkyl halides is 6. The molecule has 0 atom stereocenters. The average molecular weight is 611 g/mol. The summed E-state index contributed by atoms with van der Waals surface area (Å²) in [6.07, 6.45) is -8.46. The molecule has 2 aliphatic rings. The number of likely N-dealkylation sites (N-methyl/N-ethyl adjacent to an activating group) is 1. The molecule has 0 aliphatic carbocycles. The molecule has 3 heterocycles. The summed E-state index contributed by atoms with van der Waals surface area (Å²) in [5, 5.41) is 5.27. The molecule has 2 N–H and O–H groups in total. The van der Waals surface area contributed by atoms with E-state index in [0.717, 1.165) is 44.2 Å². The van der Waals surface area contributed by atoms with E-state index in [1.807, 2.05) is 11.8 Å². The van der Waals surface area contributed by atoms with Crippen LogP contribution in [0.25, 0.3) is 0 Å². The average Bonchev–Trinajstić information content (AvgIpc) is 2.97. The van der Waals surface area contributed by atoms with Crippen molar-refractivity contribution in [1.82, 2.24) is 19.8 Å². The minimum atomic E-state index is -4.85. The summed E-state index contributed by atoms with van der Waals surface area (Å²) in [5.41, 5.74) is -2.48. The fourth-order valence-electron chi connectivity index (χ4n) is 4.86. The first-order chi connectivity index (χ1) is 20.4. The predicted octanol–water partition coefficient (Wildman–Crippen LogP) is 5.50. The molecular weight excluding hydrogens is 582 g/mol. The highest BCUT2D eigenvalue weighted by Crippen LogP contribution is 2.42. The van der Waals surface area contributed by atoms with Crippen LogP contribution >= 0.6 is 0 Å². The maximum atomic E-state index is 14.0. The third-order valence-corrected chi connectivity index (χ3v) is 7.15. The number of rotatable bonds is 7. The van der Waals surface area contributed by atoms with Gasteiger partial charge in [0.1, 0.15) is 18.7 Å². The number of hydrogen-bond donors (Lipinski definition) is 2. The first-order valence-corrected chi connectivity index (χ1v) is 13.5. The van der Waals surface area contributed by atoms with Crippen LogP contribution in [0.5, 0.6) is 17.4 Å². The summed E-state index contributed by atoms with van der Waals surface area (Å²) in [4.78, 5) is 25.0. The number of aromatic nitrogens is 2. The lowest BCUT2D eigenvalue weighted by Crippen LogP contribution is -2.45. The van der Waals surface area contributed by atoms with E-state index in [1.54, 1.807) is 0 Å². The Labute approximate surface area is 242 Å². The largest absolute Gasteiger partial charge is 0.483 e. The van der Waals surface area contributed by atoms with E-state index in [4.69, 9.17) is 9.47 Å². The standard InChI is InChI=1S/C28H28F6N6O3/c1-2-39-8-10-40(11-9-39)15-18-3-5-19(14-21(18)28(32,33)34)38-25(41)17-4-6-20(27(29,30)31)22(13-17)43-26-23-24(36-16-37-26)35-7-12-42-23/h3-6,13-14,16H,2,7-12,15H2,1H3,(H,38,41)(H,35,36,37). The highest BCUT2D eigenvalue weighted by molar-refractivity contribution is 6.04. The van der Waals surface area contributed by atoms with Gasteiger partial charge in [0.25, 0.3) is 11.8 Å². The number of carbonyl (C=O) groups excluding carboxylic acids is 1. The normalized spacial score (nSPS) is 16.2. The van der Waals surface area contributed by atoms with Gasteiger partial charge in [-0.25, -0.2) is 4.98 Å². The maximum Gasteiger partial charge on any atom is 0.419 e. The Kier molecular flexibility index (Phi) is 8.64. The fourth-order valence-corrected chi connectivity index (χ4v) is 4.86. The van der Waals surface area contributed by atoms with Crippen LogP contribution in [-0.4, -0.2) is 71.6 Å². The lowest BCUT2D eigenvalue weighted by Gasteiger charge is -2.34. The van der Waals surface area contributed by atoms with Gasteiger partial charge < -0.3 is 25.0 Å². The Morgan fingerprint density at radius 1 is 0.977 bits per heavy atom. The Morgan fingerprint density at radius 3 is 2.40 bits per heavy atom. The van der Waals surface area contributed by atoms with Crippen molar-refractivity contribution in [2.45, 2.75) is 25.8 Å². The van der Waals surface area contributed by atoms with E-state index in [2.05, 4.69) is 25.5 Å². The van der Waals surface area contributed by atoms with Crippen LogP contribution in [0.1, 0.15) is 34.0 Å². The van der Waals surface area contributed by atoms with E-state index < -0.39 is 35.1 Å². The van der Waals surface area contributed by atoms with Crippen LogP contribution in [0.2, 0.25) is 0 Å². The second-order valence-electron chi connectivity index (χ2n) is 9.98. The molecule has 2 aliphatic heterocycles. The van der Waals surface area contributed by atoms with Crippen molar-refractivity contribution >= 4 is 17.4 Å². The van der Waals surface area contributed by atoms with Gasteiger partial charge in [0.2, 0.25) is 5.75 Å². The van der Waals surface area contributed by atoms with E-state index in [1.165, 1.54) is 12.1 Å². The van der Waals surface area contributed by atoms with Crippen LogP contribution in [-0.2, 0) is 18.9 Å². The highest BCUT2D eigenvalue weighted by atomic mass is 19.4. The van der Waals surface area contributed by atoms with Crippen molar-refractivity contribution in [3.8, 4) is 17.4 Å². The molecule has 1 fully saturated rings. The van der Waals surface area contributed by atoms with Crippen LogP contribution in [0.4, 0.5) is 37.8 Å². The first kappa shape index (κ1) is 30.4. The Bertz CT molecular complexity index is 1470. The zero-order chi connectivity index (χ0) is 30.8. The molecule has 0 saturated carbocycles. The minimum absolute atomic E-state index is 0.00346. The second-order valence-corrected chi connectivity index (χ2v) is 9.98. The summed E-state index contributed by atoms with van der Waals surface area (Å²) in [5.74, 6) is -1.75. The minimum Gasteiger partial charge on any atom is -0.483 e. The molecule has 9 nitrogen and oxygen atoms in total. The number of piperazine rings is 1. The van der Waals surface area contributed by atoms with Crippen molar-refractivity contribution < 1.29 is 40.6 Å². The second kappa shape index (κ2) is 12.2. The van der Waals surface area contributed by atoms with Gasteiger partial charge in [0.15, 0.2) is 5.82 Å². The van der Waals surface area contributed by atoms with Gasteiger partial charge in [-0.15, -0.1) is 0 Å². The van der Waals surface area contributed by atoms with Gasteiger partial charge in [0, 0.05) is 44.0 Å². The number of halogens is 6. The van der Waals surface area contributed by atoms with Gasteiger partial charge in [-0.1, -0.05) is 13.0 Å². The molecule has 0 unspecified atom stereocenters. The first-order valence-electron chi connectivity index (χ1n) is 13.5. The molecule has 2 aromatic carbocycles. The number of hydrogen-bond acceptors (Lipinski definition) is 8. The number of nitrogens with zero attached hydrogens (tertiary/aromatic N) is 4. The van der Waals surface area contributed by atoms with E-state index >= 15 is 0 Å².